The number of hydrogen-bond donors (Lipinski definition) is 1. The van der Waals surface area contributed by atoms with E-state index in [0.717, 1.165) is 28.6 Å². The van der Waals surface area contributed by atoms with Crippen LogP contribution in [-0.2, 0) is 21.4 Å². The minimum absolute atomic E-state index is 0.108. The molecule has 1 aliphatic heterocycles. The molecule has 84 valence electrons. The van der Waals surface area contributed by atoms with Gasteiger partial charge in [0.15, 0.2) is 0 Å². The molecule has 0 bridgehead atoms. The molecule has 3 rings (SSSR count). The molecular weight excluding hydrogens is 290 g/mol. The lowest BCUT2D eigenvalue weighted by Gasteiger charge is -2.29. The first-order valence-electron chi connectivity index (χ1n) is 5.25. The topological polar surface area (TPSA) is 46.2 Å². The van der Waals surface area contributed by atoms with Crippen molar-refractivity contribution in [2.45, 2.75) is 31.1 Å². The highest BCUT2D eigenvalue weighted by Crippen LogP contribution is 2.46. The zero-order valence-corrected chi connectivity index (χ0v) is 10.9. The van der Waals surface area contributed by atoms with Crippen LogP contribution in [0.2, 0.25) is 0 Å². The summed E-state index contributed by atoms with van der Waals surface area (Å²) in [6.45, 7) is 0. The van der Waals surface area contributed by atoms with E-state index in [0.29, 0.717) is 6.42 Å². The fourth-order valence-electron chi connectivity index (χ4n) is 2.74. The molecule has 2 amide bonds. The van der Waals surface area contributed by atoms with Crippen LogP contribution in [0.4, 0.5) is 0 Å². The van der Waals surface area contributed by atoms with Crippen molar-refractivity contribution in [2.24, 2.45) is 0 Å². The van der Waals surface area contributed by atoms with Crippen LogP contribution >= 0.6 is 27.3 Å². The Balaban J connectivity index is 2.16. The standard InChI is InChI=1S/C11H10BrNO2S/c12-8-4-6-7(16-8)2-1-3-11(6)5-9(14)13-10(11)15/h4H,1-3,5H2,(H,13,14,15). The Hall–Kier alpha value is -0.680. The normalized spacial score (nSPS) is 28.3. The number of hydrogen-bond acceptors (Lipinski definition) is 3. The van der Waals surface area contributed by atoms with Crippen LogP contribution in [0.25, 0.3) is 0 Å². The number of carbonyl (C=O) groups excluding carboxylic acids is 2. The van der Waals surface area contributed by atoms with Crippen molar-refractivity contribution in [1.29, 1.82) is 0 Å². The van der Waals surface area contributed by atoms with Crippen molar-refractivity contribution in [1.82, 2.24) is 5.32 Å². The van der Waals surface area contributed by atoms with Crippen molar-refractivity contribution in [2.75, 3.05) is 0 Å². The largest absolute Gasteiger partial charge is 0.296 e. The number of thiophene rings is 1. The summed E-state index contributed by atoms with van der Waals surface area (Å²) in [5, 5.41) is 2.44. The highest BCUT2D eigenvalue weighted by molar-refractivity contribution is 9.11. The second-order valence-corrected chi connectivity index (χ2v) is 6.89. The Labute approximate surface area is 105 Å². The van der Waals surface area contributed by atoms with Crippen LogP contribution in [0.5, 0.6) is 0 Å². The first-order valence-corrected chi connectivity index (χ1v) is 6.86. The van der Waals surface area contributed by atoms with Gasteiger partial charge in [0.1, 0.15) is 0 Å². The lowest BCUT2D eigenvalue weighted by molar-refractivity contribution is -0.126. The minimum atomic E-state index is -0.562. The SMILES string of the molecule is O=C1CC2(CCCc3sc(Br)cc32)C(=O)N1. The van der Waals surface area contributed by atoms with E-state index in [-0.39, 0.29) is 11.8 Å². The molecule has 1 aliphatic carbocycles. The van der Waals surface area contributed by atoms with Gasteiger partial charge in [0, 0.05) is 11.3 Å². The van der Waals surface area contributed by atoms with E-state index in [1.807, 2.05) is 6.07 Å². The fraction of sp³-hybridized carbons (Fsp3) is 0.455. The molecule has 16 heavy (non-hydrogen) atoms. The third kappa shape index (κ3) is 1.31. The van der Waals surface area contributed by atoms with E-state index in [2.05, 4.69) is 21.2 Å². The number of imide groups is 1. The summed E-state index contributed by atoms with van der Waals surface area (Å²) >= 11 is 5.14. The van der Waals surface area contributed by atoms with Gasteiger partial charge in [-0.05, 0) is 46.8 Å². The summed E-state index contributed by atoms with van der Waals surface area (Å²) in [4.78, 5) is 24.6. The van der Waals surface area contributed by atoms with Gasteiger partial charge in [0.2, 0.25) is 11.8 Å². The van der Waals surface area contributed by atoms with Gasteiger partial charge in [-0.15, -0.1) is 11.3 Å². The Morgan fingerprint density at radius 3 is 2.94 bits per heavy atom. The highest BCUT2D eigenvalue weighted by Gasteiger charge is 2.50. The number of aryl methyl sites for hydroxylation is 1. The smallest absolute Gasteiger partial charge is 0.237 e. The zero-order chi connectivity index (χ0) is 11.3. The van der Waals surface area contributed by atoms with E-state index in [1.165, 1.54) is 4.88 Å². The predicted octanol–water partition coefficient (Wildman–Crippen LogP) is 2.13. The summed E-state index contributed by atoms with van der Waals surface area (Å²) in [5.41, 5.74) is 0.506. The molecule has 1 atom stereocenters. The van der Waals surface area contributed by atoms with E-state index < -0.39 is 5.41 Å². The molecule has 0 aromatic carbocycles. The number of nitrogens with one attached hydrogen (secondary N) is 1. The maximum absolute atomic E-state index is 12.0. The monoisotopic (exact) mass is 299 g/mol. The zero-order valence-electron chi connectivity index (χ0n) is 8.51. The molecule has 1 N–H and O–H groups in total. The van der Waals surface area contributed by atoms with E-state index in [9.17, 15) is 9.59 Å². The Morgan fingerprint density at radius 1 is 1.44 bits per heavy atom. The molecule has 1 aromatic rings. The van der Waals surface area contributed by atoms with E-state index in [1.54, 1.807) is 11.3 Å². The van der Waals surface area contributed by atoms with Gasteiger partial charge in [-0.2, -0.15) is 0 Å². The molecular formula is C11H10BrNO2S. The maximum atomic E-state index is 12.0. The third-order valence-corrected chi connectivity index (χ3v) is 5.15. The molecule has 1 aromatic heterocycles. The van der Waals surface area contributed by atoms with Crippen molar-refractivity contribution >= 4 is 39.1 Å². The molecule has 1 saturated heterocycles. The second-order valence-electron chi connectivity index (χ2n) is 4.38. The van der Waals surface area contributed by atoms with Crippen molar-refractivity contribution in [3.63, 3.8) is 0 Å². The van der Waals surface area contributed by atoms with Gasteiger partial charge < -0.3 is 0 Å². The first-order chi connectivity index (χ1) is 7.62. The van der Waals surface area contributed by atoms with Gasteiger partial charge in [-0.3, -0.25) is 14.9 Å². The quantitative estimate of drug-likeness (QED) is 0.746. The number of halogens is 1. The van der Waals surface area contributed by atoms with Gasteiger partial charge in [0.05, 0.1) is 9.20 Å². The summed E-state index contributed by atoms with van der Waals surface area (Å²) in [6.07, 6.45) is 3.12. The second kappa shape index (κ2) is 3.40. The number of fused-ring (bicyclic) bond motifs is 2. The Kier molecular flexibility index (Phi) is 2.23. The summed E-state index contributed by atoms with van der Waals surface area (Å²) in [7, 11) is 0. The molecule has 0 saturated carbocycles. The number of rotatable bonds is 0. The summed E-state index contributed by atoms with van der Waals surface area (Å²) in [5.74, 6) is -0.246. The van der Waals surface area contributed by atoms with Gasteiger partial charge in [0.25, 0.3) is 0 Å². The molecule has 1 fully saturated rings. The van der Waals surface area contributed by atoms with Crippen molar-refractivity contribution in [3.05, 3.63) is 20.3 Å². The molecule has 1 spiro atoms. The van der Waals surface area contributed by atoms with Crippen LogP contribution in [0.15, 0.2) is 9.85 Å². The molecule has 3 nitrogen and oxygen atoms in total. The van der Waals surface area contributed by atoms with Crippen LogP contribution in [0.3, 0.4) is 0 Å². The summed E-state index contributed by atoms with van der Waals surface area (Å²) in [6, 6.07) is 2.01. The first kappa shape index (κ1) is 10.5. The van der Waals surface area contributed by atoms with Gasteiger partial charge in [-0.25, -0.2) is 0 Å². The van der Waals surface area contributed by atoms with E-state index in [4.69, 9.17) is 0 Å². The highest BCUT2D eigenvalue weighted by atomic mass is 79.9. The molecule has 2 heterocycles. The van der Waals surface area contributed by atoms with Crippen LogP contribution in [-0.4, -0.2) is 11.8 Å². The molecule has 2 aliphatic rings. The lowest BCUT2D eigenvalue weighted by atomic mass is 9.71. The van der Waals surface area contributed by atoms with Crippen LogP contribution < -0.4 is 5.32 Å². The number of amides is 2. The maximum Gasteiger partial charge on any atom is 0.237 e. The van der Waals surface area contributed by atoms with E-state index >= 15 is 0 Å². The fourth-order valence-corrected chi connectivity index (χ4v) is 4.57. The van der Waals surface area contributed by atoms with Gasteiger partial charge >= 0.3 is 0 Å². The molecule has 1 unspecified atom stereocenters. The van der Waals surface area contributed by atoms with Gasteiger partial charge in [-0.1, -0.05) is 0 Å². The number of carbonyl (C=O) groups is 2. The van der Waals surface area contributed by atoms with Crippen molar-refractivity contribution in [3.8, 4) is 0 Å². The Bertz CT molecular complexity index is 496. The third-order valence-electron chi connectivity index (χ3n) is 3.45. The summed E-state index contributed by atoms with van der Waals surface area (Å²) < 4.78 is 1.05. The Morgan fingerprint density at radius 2 is 2.25 bits per heavy atom. The minimum Gasteiger partial charge on any atom is -0.296 e. The molecule has 5 heteroatoms. The molecule has 0 radical (unpaired) electrons. The van der Waals surface area contributed by atoms with Crippen LogP contribution in [0, 0.1) is 0 Å². The average molecular weight is 300 g/mol. The van der Waals surface area contributed by atoms with Crippen LogP contribution in [0.1, 0.15) is 29.7 Å². The average Bonchev–Trinajstić information content (AvgIpc) is 2.70. The lowest BCUT2D eigenvalue weighted by Crippen LogP contribution is -2.37. The predicted molar refractivity (Wildman–Crippen MR) is 64.4 cm³/mol. The van der Waals surface area contributed by atoms with Crippen molar-refractivity contribution < 1.29 is 9.59 Å².